The van der Waals surface area contributed by atoms with E-state index < -0.39 is 10.0 Å². The van der Waals surface area contributed by atoms with Crippen molar-refractivity contribution < 1.29 is 13.2 Å². The van der Waals surface area contributed by atoms with Gasteiger partial charge in [-0.2, -0.15) is 9.57 Å². The van der Waals surface area contributed by atoms with Crippen molar-refractivity contribution in [3.05, 3.63) is 45.8 Å². The van der Waals surface area contributed by atoms with Crippen molar-refractivity contribution in [1.29, 1.82) is 5.26 Å². The summed E-state index contributed by atoms with van der Waals surface area (Å²) in [5.41, 5.74) is 2.03. The highest BCUT2D eigenvalue weighted by Gasteiger charge is 2.29. The van der Waals surface area contributed by atoms with Gasteiger partial charge in [0.2, 0.25) is 10.0 Å². The maximum absolute atomic E-state index is 12.9. The molecule has 31 heavy (non-hydrogen) atoms. The van der Waals surface area contributed by atoms with Crippen molar-refractivity contribution in [2.45, 2.75) is 56.8 Å². The van der Waals surface area contributed by atoms with Crippen LogP contribution in [0.5, 0.6) is 0 Å². The van der Waals surface area contributed by atoms with Gasteiger partial charge in [-0.15, -0.1) is 11.3 Å². The van der Waals surface area contributed by atoms with Crippen LogP contribution in [0.4, 0.5) is 5.00 Å². The van der Waals surface area contributed by atoms with Crippen molar-refractivity contribution in [2.75, 3.05) is 18.4 Å². The quantitative estimate of drug-likeness (QED) is 0.682. The van der Waals surface area contributed by atoms with Crippen LogP contribution in [0.3, 0.4) is 0 Å². The number of piperidine rings is 1. The van der Waals surface area contributed by atoms with Gasteiger partial charge < -0.3 is 5.32 Å². The molecule has 1 amide bonds. The molecule has 6 nitrogen and oxygen atoms in total. The van der Waals surface area contributed by atoms with Crippen LogP contribution in [0.2, 0.25) is 0 Å². The molecule has 1 unspecified atom stereocenters. The fraction of sp³-hybridized carbons (Fsp3) is 0.478. The standard InChI is InChI=1S/C23H27N3O3S2/c1-16-6-5-13-26(15-16)31(28,29)18-11-9-17(10-12-18)22(27)25-23-20(14-24)19-7-3-2-4-8-21(19)30-23/h9-12,16H,2-8,13,15H2,1H3,(H,25,27). The number of anilines is 1. The normalized spacial score (nSPS) is 19.8. The van der Waals surface area contributed by atoms with Gasteiger partial charge in [-0.1, -0.05) is 13.3 Å². The maximum Gasteiger partial charge on any atom is 0.256 e. The third-order valence-electron chi connectivity index (χ3n) is 6.13. The number of hydrogen-bond donors (Lipinski definition) is 1. The van der Waals surface area contributed by atoms with Crippen LogP contribution in [-0.4, -0.2) is 31.7 Å². The van der Waals surface area contributed by atoms with E-state index in [4.69, 9.17) is 0 Å². The van der Waals surface area contributed by atoms with Crippen LogP contribution < -0.4 is 5.32 Å². The van der Waals surface area contributed by atoms with E-state index in [0.29, 0.717) is 35.1 Å². The van der Waals surface area contributed by atoms with E-state index >= 15 is 0 Å². The molecule has 1 aromatic carbocycles. The van der Waals surface area contributed by atoms with Crippen LogP contribution in [0.25, 0.3) is 0 Å². The van der Waals surface area contributed by atoms with E-state index in [0.717, 1.165) is 44.1 Å². The van der Waals surface area contributed by atoms with Gasteiger partial charge in [-0.25, -0.2) is 8.42 Å². The first-order chi connectivity index (χ1) is 14.9. The van der Waals surface area contributed by atoms with Crippen LogP contribution in [0, 0.1) is 17.2 Å². The fourth-order valence-corrected chi connectivity index (χ4v) is 7.25. The van der Waals surface area contributed by atoms with Gasteiger partial charge in [-0.3, -0.25) is 4.79 Å². The third kappa shape index (κ3) is 4.54. The van der Waals surface area contributed by atoms with Gasteiger partial charge in [0, 0.05) is 23.5 Å². The molecule has 164 valence electrons. The molecule has 1 atom stereocenters. The number of nitrogens with one attached hydrogen (secondary N) is 1. The predicted octanol–water partition coefficient (Wildman–Crippen LogP) is 4.56. The zero-order valence-corrected chi connectivity index (χ0v) is 19.3. The van der Waals surface area contributed by atoms with E-state index in [1.807, 2.05) is 0 Å². The maximum atomic E-state index is 12.9. The molecule has 2 aromatic rings. The molecule has 0 saturated carbocycles. The molecule has 1 aromatic heterocycles. The zero-order valence-electron chi connectivity index (χ0n) is 17.7. The molecule has 4 rings (SSSR count). The second-order valence-electron chi connectivity index (χ2n) is 8.47. The highest BCUT2D eigenvalue weighted by atomic mass is 32.2. The zero-order chi connectivity index (χ0) is 22.0. The number of hydrogen-bond acceptors (Lipinski definition) is 5. The second kappa shape index (κ2) is 9.11. The monoisotopic (exact) mass is 457 g/mol. The summed E-state index contributed by atoms with van der Waals surface area (Å²) in [6.45, 7) is 3.13. The van der Waals surface area contributed by atoms with Crippen LogP contribution >= 0.6 is 11.3 Å². The van der Waals surface area contributed by atoms with E-state index in [1.54, 1.807) is 12.1 Å². The van der Waals surface area contributed by atoms with Crippen molar-refractivity contribution in [1.82, 2.24) is 4.31 Å². The lowest BCUT2D eigenvalue weighted by molar-refractivity contribution is 0.102. The molecule has 1 aliphatic carbocycles. The molecule has 2 heterocycles. The van der Waals surface area contributed by atoms with Gasteiger partial charge in [0.1, 0.15) is 11.1 Å². The molecular formula is C23H27N3O3S2. The highest BCUT2D eigenvalue weighted by molar-refractivity contribution is 7.89. The van der Waals surface area contributed by atoms with Crippen LogP contribution in [-0.2, 0) is 22.9 Å². The first-order valence-corrected chi connectivity index (χ1v) is 13.1. The topological polar surface area (TPSA) is 90.3 Å². The number of nitrogens with zero attached hydrogens (tertiary/aromatic N) is 2. The molecule has 1 saturated heterocycles. The molecule has 0 spiro atoms. The number of amides is 1. The average Bonchev–Trinajstić information content (AvgIpc) is 2.92. The number of rotatable bonds is 4. The van der Waals surface area contributed by atoms with Crippen molar-refractivity contribution >= 4 is 32.3 Å². The summed E-state index contributed by atoms with van der Waals surface area (Å²) < 4.78 is 27.4. The molecule has 8 heteroatoms. The number of carbonyl (C=O) groups excluding carboxylic acids is 1. The van der Waals surface area contributed by atoms with Gasteiger partial charge in [0.25, 0.3) is 5.91 Å². The number of fused-ring (bicyclic) bond motifs is 1. The second-order valence-corrected chi connectivity index (χ2v) is 11.5. The van der Waals surface area contributed by atoms with Gasteiger partial charge in [-0.05, 0) is 74.3 Å². The molecule has 1 aliphatic heterocycles. The number of aryl methyl sites for hydroxylation is 1. The van der Waals surface area contributed by atoms with Crippen LogP contribution in [0.15, 0.2) is 29.2 Å². The van der Waals surface area contributed by atoms with E-state index in [-0.39, 0.29) is 10.8 Å². The Balaban J connectivity index is 1.51. The third-order valence-corrected chi connectivity index (χ3v) is 9.22. The Morgan fingerprint density at radius 2 is 1.90 bits per heavy atom. The minimum atomic E-state index is -3.55. The Morgan fingerprint density at radius 3 is 2.61 bits per heavy atom. The lowest BCUT2D eigenvalue weighted by atomic mass is 10.0. The van der Waals surface area contributed by atoms with Crippen molar-refractivity contribution in [3.8, 4) is 6.07 Å². The molecule has 1 fully saturated rings. The summed E-state index contributed by atoms with van der Waals surface area (Å²) in [6, 6.07) is 8.35. The fourth-order valence-electron chi connectivity index (χ4n) is 4.42. The molecule has 0 radical (unpaired) electrons. The number of benzene rings is 1. The Labute approximate surface area is 187 Å². The number of sulfonamides is 1. The Hall–Kier alpha value is -2.21. The summed E-state index contributed by atoms with van der Waals surface area (Å²) in [7, 11) is -3.55. The summed E-state index contributed by atoms with van der Waals surface area (Å²) >= 11 is 1.49. The summed E-state index contributed by atoms with van der Waals surface area (Å²) in [5, 5.41) is 13.1. The lowest BCUT2D eigenvalue weighted by Crippen LogP contribution is -2.39. The minimum Gasteiger partial charge on any atom is -0.312 e. The first kappa shape index (κ1) is 22.0. The first-order valence-electron chi connectivity index (χ1n) is 10.9. The largest absolute Gasteiger partial charge is 0.312 e. The van der Waals surface area contributed by atoms with E-state index in [1.165, 1.54) is 39.1 Å². The molecule has 1 N–H and O–H groups in total. The number of carbonyl (C=O) groups is 1. The number of nitriles is 1. The summed E-state index contributed by atoms with van der Waals surface area (Å²) in [4.78, 5) is 14.2. The van der Waals surface area contributed by atoms with Crippen LogP contribution in [0.1, 0.15) is 65.4 Å². The SMILES string of the molecule is CC1CCCN(S(=O)(=O)c2ccc(C(=O)Nc3sc4c(c3C#N)CCCCC4)cc2)C1. The van der Waals surface area contributed by atoms with E-state index in [9.17, 15) is 18.5 Å². The molecular weight excluding hydrogens is 430 g/mol. The van der Waals surface area contributed by atoms with Gasteiger partial charge in [0.05, 0.1) is 10.5 Å². The smallest absolute Gasteiger partial charge is 0.256 e. The molecule has 2 aliphatic rings. The highest BCUT2D eigenvalue weighted by Crippen LogP contribution is 2.37. The van der Waals surface area contributed by atoms with E-state index in [2.05, 4.69) is 18.3 Å². The number of thiophene rings is 1. The van der Waals surface area contributed by atoms with Gasteiger partial charge in [0.15, 0.2) is 0 Å². The van der Waals surface area contributed by atoms with Crippen molar-refractivity contribution in [2.24, 2.45) is 5.92 Å². The van der Waals surface area contributed by atoms with Crippen molar-refractivity contribution in [3.63, 3.8) is 0 Å². The Morgan fingerprint density at radius 1 is 1.16 bits per heavy atom. The average molecular weight is 458 g/mol. The van der Waals surface area contributed by atoms with Gasteiger partial charge >= 0.3 is 0 Å². The minimum absolute atomic E-state index is 0.207. The Bertz CT molecular complexity index is 1110. The summed E-state index contributed by atoms with van der Waals surface area (Å²) in [5.74, 6) is 0.0206. The Kier molecular flexibility index (Phi) is 6.47. The predicted molar refractivity (Wildman–Crippen MR) is 122 cm³/mol. The lowest BCUT2D eigenvalue weighted by Gasteiger charge is -2.30. The molecule has 0 bridgehead atoms. The summed E-state index contributed by atoms with van der Waals surface area (Å²) in [6.07, 6.45) is 7.09.